The van der Waals surface area contributed by atoms with Crippen LogP contribution < -0.4 is 4.90 Å². The van der Waals surface area contributed by atoms with Gasteiger partial charge in [-0.15, -0.1) is 0 Å². The van der Waals surface area contributed by atoms with Crippen molar-refractivity contribution < 1.29 is 13.2 Å². The first-order valence-electron chi connectivity index (χ1n) is 6.80. The van der Waals surface area contributed by atoms with Crippen LogP contribution in [0.15, 0.2) is 33.7 Å². The van der Waals surface area contributed by atoms with E-state index < -0.39 is 15.7 Å². The number of carbonyl (C=O) groups is 1. The highest BCUT2D eigenvalue weighted by molar-refractivity contribution is 9.10. The number of carbonyl (C=O) groups excluding carboxylic acids is 1. The smallest absolute Gasteiger partial charge is 0.262 e. The number of fused-ring (bicyclic) bond motifs is 1. The number of amides is 1. The predicted octanol–water partition coefficient (Wildman–Crippen LogP) is 1.96. The summed E-state index contributed by atoms with van der Waals surface area (Å²) in [7, 11) is -3.09. The standard InChI is InChI=1S/C14H12BrN3O3S2/c15-9-2-1-3-10(6-9)18-11-7-23(20,21)8-12(11)22-14(18)17-13(19)4-5-16/h1-3,6,11-12H,4,7-8H2/t11-,12-/m0/s1. The molecule has 1 aromatic rings. The number of thioether (sulfide) groups is 1. The Morgan fingerprint density at radius 3 is 2.96 bits per heavy atom. The first-order valence-corrected chi connectivity index (χ1v) is 10.3. The molecule has 0 radical (unpaired) electrons. The zero-order chi connectivity index (χ0) is 16.6. The van der Waals surface area contributed by atoms with E-state index in [1.165, 1.54) is 11.8 Å². The van der Waals surface area contributed by atoms with Crippen LogP contribution in [0, 0.1) is 11.3 Å². The van der Waals surface area contributed by atoms with Gasteiger partial charge in [-0.05, 0) is 18.2 Å². The van der Waals surface area contributed by atoms with E-state index in [1.54, 1.807) is 11.0 Å². The fourth-order valence-corrected chi connectivity index (χ4v) is 7.02. The Labute approximate surface area is 146 Å². The molecule has 1 aromatic carbocycles. The number of benzene rings is 1. The summed E-state index contributed by atoms with van der Waals surface area (Å²) < 4.78 is 24.7. The summed E-state index contributed by atoms with van der Waals surface area (Å²) in [5.74, 6) is -0.390. The van der Waals surface area contributed by atoms with Crippen molar-refractivity contribution in [2.45, 2.75) is 17.7 Å². The summed E-state index contributed by atoms with van der Waals surface area (Å²) >= 11 is 4.70. The third-order valence-electron chi connectivity index (χ3n) is 3.60. The lowest BCUT2D eigenvalue weighted by atomic mass is 10.2. The number of nitriles is 1. The molecule has 2 saturated heterocycles. The molecule has 0 unspecified atom stereocenters. The molecule has 0 saturated carbocycles. The molecule has 2 aliphatic heterocycles. The molecular weight excluding hydrogens is 402 g/mol. The van der Waals surface area contributed by atoms with Crippen LogP contribution in [0.3, 0.4) is 0 Å². The van der Waals surface area contributed by atoms with Crippen molar-refractivity contribution in [3.05, 3.63) is 28.7 Å². The molecule has 0 spiro atoms. The number of hydrogen-bond acceptors (Lipinski definition) is 5. The van der Waals surface area contributed by atoms with Gasteiger partial charge < -0.3 is 4.90 Å². The molecule has 1 amide bonds. The minimum Gasteiger partial charge on any atom is -0.316 e. The van der Waals surface area contributed by atoms with Gasteiger partial charge in [0.15, 0.2) is 15.0 Å². The van der Waals surface area contributed by atoms with Crippen LogP contribution in [0.25, 0.3) is 0 Å². The fourth-order valence-electron chi connectivity index (χ4n) is 2.71. The molecule has 0 aliphatic carbocycles. The highest BCUT2D eigenvalue weighted by atomic mass is 79.9. The minimum atomic E-state index is -3.09. The first kappa shape index (κ1) is 16.5. The lowest BCUT2D eigenvalue weighted by molar-refractivity contribution is -0.116. The van der Waals surface area contributed by atoms with E-state index in [4.69, 9.17) is 5.26 Å². The summed E-state index contributed by atoms with van der Waals surface area (Å²) in [4.78, 5) is 17.5. The van der Waals surface area contributed by atoms with Crippen LogP contribution in [0.2, 0.25) is 0 Å². The number of halogens is 1. The van der Waals surface area contributed by atoms with Crippen LogP contribution in [0.5, 0.6) is 0 Å². The van der Waals surface area contributed by atoms with Crippen LogP contribution in [0.1, 0.15) is 6.42 Å². The summed E-state index contributed by atoms with van der Waals surface area (Å²) in [6, 6.07) is 8.96. The monoisotopic (exact) mass is 413 g/mol. The molecule has 2 fully saturated rings. The van der Waals surface area contributed by atoms with Gasteiger partial charge in [-0.1, -0.05) is 33.8 Å². The number of nitrogens with zero attached hydrogens (tertiary/aromatic N) is 3. The van der Waals surface area contributed by atoms with E-state index in [9.17, 15) is 13.2 Å². The molecule has 0 bridgehead atoms. The average molecular weight is 414 g/mol. The molecule has 0 aromatic heterocycles. The molecule has 3 rings (SSSR count). The molecule has 2 heterocycles. The Hall–Kier alpha value is -1.37. The van der Waals surface area contributed by atoms with E-state index in [0.29, 0.717) is 5.17 Å². The second kappa shape index (κ2) is 6.26. The van der Waals surface area contributed by atoms with Gasteiger partial charge in [0, 0.05) is 15.4 Å². The average Bonchev–Trinajstić information content (AvgIpc) is 2.89. The van der Waals surface area contributed by atoms with Crippen molar-refractivity contribution in [3.63, 3.8) is 0 Å². The van der Waals surface area contributed by atoms with Crippen molar-refractivity contribution >= 4 is 54.3 Å². The van der Waals surface area contributed by atoms with E-state index in [0.717, 1.165) is 10.2 Å². The van der Waals surface area contributed by atoms with E-state index in [-0.39, 0.29) is 29.2 Å². The third kappa shape index (κ3) is 3.44. The maximum atomic E-state index is 11.9. The van der Waals surface area contributed by atoms with Crippen molar-refractivity contribution in [1.29, 1.82) is 5.26 Å². The van der Waals surface area contributed by atoms with Gasteiger partial charge in [0.1, 0.15) is 6.42 Å². The minimum absolute atomic E-state index is 0.0443. The van der Waals surface area contributed by atoms with Crippen molar-refractivity contribution in [3.8, 4) is 6.07 Å². The van der Waals surface area contributed by atoms with Crippen molar-refractivity contribution in [2.24, 2.45) is 4.99 Å². The number of amidine groups is 1. The van der Waals surface area contributed by atoms with Crippen LogP contribution >= 0.6 is 27.7 Å². The van der Waals surface area contributed by atoms with E-state index >= 15 is 0 Å². The number of aliphatic imine (C=N–C) groups is 1. The summed E-state index contributed by atoms with van der Waals surface area (Å²) in [6.07, 6.45) is -0.288. The van der Waals surface area contributed by atoms with Gasteiger partial charge in [-0.25, -0.2) is 8.42 Å². The Bertz CT molecular complexity index is 832. The van der Waals surface area contributed by atoms with Crippen LogP contribution in [-0.4, -0.2) is 42.3 Å². The summed E-state index contributed by atoms with van der Waals surface area (Å²) in [5.41, 5.74) is 0.778. The third-order valence-corrected chi connectivity index (χ3v) is 7.31. The first-order chi connectivity index (χ1) is 10.9. The summed E-state index contributed by atoms with van der Waals surface area (Å²) in [6.45, 7) is 0. The van der Waals surface area contributed by atoms with Gasteiger partial charge in [0.05, 0.1) is 23.6 Å². The normalized spacial score (nSPS) is 27.0. The van der Waals surface area contributed by atoms with Crippen molar-refractivity contribution in [2.75, 3.05) is 16.4 Å². The van der Waals surface area contributed by atoms with Crippen molar-refractivity contribution in [1.82, 2.24) is 0 Å². The maximum absolute atomic E-state index is 11.9. The molecule has 23 heavy (non-hydrogen) atoms. The molecule has 9 heteroatoms. The van der Waals surface area contributed by atoms with Gasteiger partial charge in [-0.2, -0.15) is 10.3 Å². The molecule has 0 N–H and O–H groups in total. The van der Waals surface area contributed by atoms with Crippen LogP contribution in [-0.2, 0) is 14.6 Å². The second-order valence-electron chi connectivity index (χ2n) is 5.27. The fraction of sp³-hybridized carbons (Fsp3) is 0.357. The molecular formula is C14H12BrN3O3S2. The van der Waals surface area contributed by atoms with Gasteiger partial charge in [-0.3, -0.25) is 4.79 Å². The van der Waals surface area contributed by atoms with Gasteiger partial charge in [0.2, 0.25) is 0 Å². The highest BCUT2D eigenvalue weighted by Gasteiger charge is 2.49. The lowest BCUT2D eigenvalue weighted by Crippen LogP contribution is -2.37. The predicted molar refractivity (Wildman–Crippen MR) is 93.1 cm³/mol. The Balaban J connectivity index is 2.01. The second-order valence-corrected chi connectivity index (χ2v) is 9.55. The number of hydrogen-bond donors (Lipinski definition) is 0. The van der Waals surface area contributed by atoms with Gasteiger partial charge in [0.25, 0.3) is 5.91 Å². The molecule has 2 aliphatic rings. The highest BCUT2D eigenvalue weighted by Crippen LogP contribution is 2.41. The Morgan fingerprint density at radius 2 is 2.26 bits per heavy atom. The zero-order valence-electron chi connectivity index (χ0n) is 11.8. The molecule has 120 valence electrons. The van der Waals surface area contributed by atoms with E-state index in [1.807, 2.05) is 24.3 Å². The lowest BCUT2D eigenvalue weighted by Gasteiger charge is -2.24. The summed E-state index contributed by atoms with van der Waals surface area (Å²) in [5, 5.41) is 8.93. The van der Waals surface area contributed by atoms with Gasteiger partial charge >= 0.3 is 0 Å². The topological polar surface area (TPSA) is 90.6 Å². The Kier molecular flexibility index (Phi) is 4.49. The van der Waals surface area contributed by atoms with E-state index in [2.05, 4.69) is 20.9 Å². The SMILES string of the molecule is N#CCC(=O)N=C1S[C@H]2CS(=O)(=O)C[C@@H]2N1c1cccc(Br)c1. The Morgan fingerprint density at radius 1 is 1.48 bits per heavy atom. The molecule has 2 atom stereocenters. The number of sulfone groups is 1. The van der Waals surface area contributed by atoms with Crippen LogP contribution in [0.4, 0.5) is 5.69 Å². The maximum Gasteiger partial charge on any atom is 0.262 e. The zero-order valence-corrected chi connectivity index (χ0v) is 15.1. The number of anilines is 1. The number of rotatable bonds is 2. The molecule has 6 nitrogen and oxygen atoms in total. The quantitative estimate of drug-likeness (QED) is 0.735. The largest absolute Gasteiger partial charge is 0.316 e.